The molecular weight excluding hydrogens is 200 g/mol. The van der Waals surface area contributed by atoms with Crippen LogP contribution in [0.4, 0.5) is 0 Å². The SMILES string of the molecule is OCC(c1ccccc1)C1CCCC(O)C1. The Morgan fingerprint density at radius 2 is 1.94 bits per heavy atom. The van der Waals surface area contributed by atoms with Crippen molar-refractivity contribution in [3.63, 3.8) is 0 Å². The second kappa shape index (κ2) is 5.46. The number of benzene rings is 1. The van der Waals surface area contributed by atoms with Crippen LogP contribution in [0, 0.1) is 5.92 Å². The molecule has 1 aliphatic carbocycles. The molecule has 2 rings (SSSR count). The van der Waals surface area contributed by atoms with Crippen LogP contribution in [-0.2, 0) is 0 Å². The van der Waals surface area contributed by atoms with E-state index in [4.69, 9.17) is 0 Å². The summed E-state index contributed by atoms with van der Waals surface area (Å²) in [6.07, 6.45) is 3.78. The quantitative estimate of drug-likeness (QED) is 0.820. The second-order valence-electron chi connectivity index (χ2n) is 4.78. The van der Waals surface area contributed by atoms with E-state index in [1.54, 1.807) is 0 Å². The van der Waals surface area contributed by atoms with Crippen molar-refractivity contribution in [3.05, 3.63) is 35.9 Å². The molecule has 1 fully saturated rings. The molecule has 0 radical (unpaired) electrons. The van der Waals surface area contributed by atoms with E-state index >= 15 is 0 Å². The molecule has 0 aliphatic heterocycles. The molecule has 0 heterocycles. The summed E-state index contributed by atoms with van der Waals surface area (Å²) < 4.78 is 0. The van der Waals surface area contributed by atoms with Crippen molar-refractivity contribution < 1.29 is 10.2 Å². The first-order chi connectivity index (χ1) is 7.81. The van der Waals surface area contributed by atoms with Gasteiger partial charge in [-0.15, -0.1) is 0 Å². The maximum absolute atomic E-state index is 9.69. The van der Waals surface area contributed by atoms with Crippen LogP contribution in [0.25, 0.3) is 0 Å². The van der Waals surface area contributed by atoms with Gasteiger partial charge >= 0.3 is 0 Å². The molecule has 88 valence electrons. The van der Waals surface area contributed by atoms with Gasteiger partial charge in [-0.25, -0.2) is 0 Å². The van der Waals surface area contributed by atoms with Crippen molar-refractivity contribution in [2.45, 2.75) is 37.7 Å². The number of rotatable bonds is 3. The molecule has 3 unspecified atom stereocenters. The number of aliphatic hydroxyl groups is 2. The van der Waals surface area contributed by atoms with E-state index in [0.717, 1.165) is 25.7 Å². The Morgan fingerprint density at radius 3 is 2.56 bits per heavy atom. The highest BCUT2D eigenvalue weighted by molar-refractivity contribution is 5.20. The lowest BCUT2D eigenvalue weighted by molar-refractivity contribution is 0.0807. The minimum atomic E-state index is -0.170. The molecule has 2 nitrogen and oxygen atoms in total. The van der Waals surface area contributed by atoms with Gasteiger partial charge in [-0.1, -0.05) is 36.8 Å². The van der Waals surface area contributed by atoms with Gasteiger partial charge in [0.15, 0.2) is 0 Å². The molecule has 0 saturated heterocycles. The van der Waals surface area contributed by atoms with Crippen molar-refractivity contribution in [1.82, 2.24) is 0 Å². The van der Waals surface area contributed by atoms with Gasteiger partial charge in [0.2, 0.25) is 0 Å². The topological polar surface area (TPSA) is 40.5 Å². The number of aliphatic hydroxyl groups excluding tert-OH is 2. The van der Waals surface area contributed by atoms with E-state index in [0.29, 0.717) is 5.92 Å². The van der Waals surface area contributed by atoms with Crippen LogP contribution >= 0.6 is 0 Å². The minimum Gasteiger partial charge on any atom is -0.396 e. The van der Waals surface area contributed by atoms with Crippen molar-refractivity contribution in [2.75, 3.05) is 6.61 Å². The fourth-order valence-corrected chi connectivity index (χ4v) is 2.79. The average Bonchev–Trinajstić information content (AvgIpc) is 2.31. The first kappa shape index (κ1) is 11.6. The predicted octanol–water partition coefficient (Wildman–Crippen LogP) is 2.31. The van der Waals surface area contributed by atoms with E-state index in [9.17, 15) is 10.2 Å². The van der Waals surface area contributed by atoms with Crippen molar-refractivity contribution >= 4 is 0 Å². The zero-order valence-electron chi connectivity index (χ0n) is 9.55. The average molecular weight is 220 g/mol. The van der Waals surface area contributed by atoms with Crippen LogP contribution in [0.5, 0.6) is 0 Å². The Balaban J connectivity index is 2.10. The Kier molecular flexibility index (Phi) is 3.97. The van der Waals surface area contributed by atoms with Crippen LogP contribution in [0.1, 0.15) is 37.2 Å². The van der Waals surface area contributed by atoms with Crippen molar-refractivity contribution in [3.8, 4) is 0 Å². The highest BCUT2D eigenvalue weighted by Crippen LogP contribution is 2.35. The minimum absolute atomic E-state index is 0.170. The molecule has 1 aliphatic rings. The molecular formula is C14H20O2. The van der Waals surface area contributed by atoms with Gasteiger partial charge in [-0.2, -0.15) is 0 Å². The van der Waals surface area contributed by atoms with Crippen LogP contribution in [0.3, 0.4) is 0 Å². The Labute approximate surface area is 96.9 Å². The van der Waals surface area contributed by atoms with E-state index in [1.165, 1.54) is 5.56 Å². The summed E-state index contributed by atoms with van der Waals surface area (Å²) in [4.78, 5) is 0. The molecule has 2 heteroatoms. The van der Waals surface area contributed by atoms with E-state index in [1.807, 2.05) is 18.2 Å². The highest BCUT2D eigenvalue weighted by atomic mass is 16.3. The lowest BCUT2D eigenvalue weighted by Gasteiger charge is -2.32. The molecule has 3 atom stereocenters. The molecule has 0 spiro atoms. The third-order valence-electron chi connectivity index (χ3n) is 3.68. The summed E-state index contributed by atoms with van der Waals surface area (Å²) >= 11 is 0. The Bertz CT molecular complexity index is 310. The van der Waals surface area contributed by atoms with Crippen LogP contribution < -0.4 is 0 Å². The largest absolute Gasteiger partial charge is 0.396 e. The zero-order valence-corrected chi connectivity index (χ0v) is 9.55. The smallest absolute Gasteiger partial charge is 0.0543 e. The molecule has 2 N–H and O–H groups in total. The maximum atomic E-state index is 9.69. The summed E-state index contributed by atoms with van der Waals surface area (Å²) in [6, 6.07) is 10.2. The van der Waals surface area contributed by atoms with Gasteiger partial charge in [0.25, 0.3) is 0 Å². The lowest BCUT2D eigenvalue weighted by Crippen LogP contribution is -2.26. The summed E-state index contributed by atoms with van der Waals surface area (Å²) in [5.41, 5.74) is 1.20. The van der Waals surface area contributed by atoms with Gasteiger partial charge in [0.05, 0.1) is 12.7 Å². The molecule has 0 bridgehead atoms. The van der Waals surface area contributed by atoms with E-state index < -0.39 is 0 Å². The van der Waals surface area contributed by atoms with Gasteiger partial charge in [-0.05, 0) is 30.7 Å². The Morgan fingerprint density at radius 1 is 1.19 bits per heavy atom. The first-order valence-corrected chi connectivity index (χ1v) is 6.15. The number of hydrogen-bond acceptors (Lipinski definition) is 2. The van der Waals surface area contributed by atoms with E-state index in [-0.39, 0.29) is 18.6 Å². The zero-order chi connectivity index (χ0) is 11.4. The van der Waals surface area contributed by atoms with Gasteiger partial charge < -0.3 is 10.2 Å². The molecule has 0 aromatic heterocycles. The third-order valence-corrected chi connectivity index (χ3v) is 3.68. The Hall–Kier alpha value is -0.860. The van der Waals surface area contributed by atoms with Crippen molar-refractivity contribution in [1.29, 1.82) is 0 Å². The molecule has 1 aromatic carbocycles. The number of hydrogen-bond donors (Lipinski definition) is 2. The predicted molar refractivity (Wildman–Crippen MR) is 64.2 cm³/mol. The summed E-state index contributed by atoms with van der Waals surface area (Å²) in [6.45, 7) is 0.182. The summed E-state index contributed by atoms with van der Waals surface area (Å²) in [5.74, 6) is 0.618. The molecule has 16 heavy (non-hydrogen) atoms. The second-order valence-corrected chi connectivity index (χ2v) is 4.78. The molecule has 1 aromatic rings. The van der Waals surface area contributed by atoms with E-state index in [2.05, 4.69) is 12.1 Å². The van der Waals surface area contributed by atoms with Crippen molar-refractivity contribution in [2.24, 2.45) is 5.92 Å². The normalized spacial score (nSPS) is 27.6. The monoisotopic (exact) mass is 220 g/mol. The fraction of sp³-hybridized carbons (Fsp3) is 0.571. The van der Waals surface area contributed by atoms with Gasteiger partial charge in [-0.3, -0.25) is 0 Å². The maximum Gasteiger partial charge on any atom is 0.0543 e. The fourth-order valence-electron chi connectivity index (χ4n) is 2.79. The standard InChI is InChI=1S/C14H20O2/c15-10-14(11-5-2-1-3-6-11)12-7-4-8-13(16)9-12/h1-3,5-6,12-16H,4,7-10H2. The van der Waals surface area contributed by atoms with Crippen LogP contribution in [0.2, 0.25) is 0 Å². The van der Waals surface area contributed by atoms with Gasteiger partial charge in [0.1, 0.15) is 0 Å². The van der Waals surface area contributed by atoms with Crippen LogP contribution in [0.15, 0.2) is 30.3 Å². The third kappa shape index (κ3) is 2.63. The highest BCUT2D eigenvalue weighted by Gasteiger charge is 2.27. The lowest BCUT2D eigenvalue weighted by atomic mass is 9.76. The first-order valence-electron chi connectivity index (χ1n) is 6.15. The van der Waals surface area contributed by atoms with Crippen LogP contribution in [-0.4, -0.2) is 22.9 Å². The molecule has 0 amide bonds. The summed E-state index contributed by atoms with van der Waals surface area (Å²) in [7, 11) is 0. The summed E-state index contributed by atoms with van der Waals surface area (Å²) in [5, 5.41) is 19.2. The molecule has 1 saturated carbocycles. The van der Waals surface area contributed by atoms with Gasteiger partial charge in [0, 0.05) is 5.92 Å².